The number of alkyl halides is 3. The molecule has 2 aromatic heterocycles. The van der Waals surface area contributed by atoms with Crippen molar-refractivity contribution in [2.24, 2.45) is 0 Å². The normalized spacial score (nSPS) is 15.3. The van der Waals surface area contributed by atoms with E-state index in [2.05, 4.69) is 20.3 Å². The largest absolute Gasteiger partial charge is 0.491 e. The first-order valence-corrected chi connectivity index (χ1v) is 10.3. The molecule has 0 radical (unpaired) electrons. The summed E-state index contributed by atoms with van der Waals surface area (Å²) in [6.45, 7) is 1.59. The molecule has 3 heterocycles. The Balaban J connectivity index is 1.40. The number of carbonyl (C=O) groups excluding carboxylic acids is 1. The summed E-state index contributed by atoms with van der Waals surface area (Å²) >= 11 is 0. The number of nitrogens with one attached hydrogen (secondary N) is 1. The highest BCUT2D eigenvalue weighted by Crippen LogP contribution is 2.34. The maximum atomic E-state index is 12.7. The highest BCUT2D eigenvalue weighted by molar-refractivity contribution is 5.94. The maximum Gasteiger partial charge on any atom is 0.392 e. The maximum absolute atomic E-state index is 12.7. The van der Waals surface area contributed by atoms with Gasteiger partial charge in [0, 0.05) is 42.2 Å². The number of ether oxygens (including phenoxy) is 2. The van der Waals surface area contributed by atoms with Crippen molar-refractivity contribution < 1.29 is 27.4 Å². The van der Waals surface area contributed by atoms with Crippen molar-refractivity contribution in [1.29, 1.82) is 0 Å². The quantitative estimate of drug-likeness (QED) is 0.603. The van der Waals surface area contributed by atoms with Crippen LogP contribution in [0.3, 0.4) is 0 Å². The predicted octanol–water partition coefficient (Wildman–Crippen LogP) is 3.91. The molecule has 4 rings (SSSR count). The van der Waals surface area contributed by atoms with Crippen LogP contribution in [0.1, 0.15) is 28.2 Å². The highest BCUT2D eigenvalue weighted by Gasteiger charge is 2.27. The van der Waals surface area contributed by atoms with Crippen LogP contribution in [-0.2, 0) is 6.42 Å². The Morgan fingerprint density at radius 3 is 2.64 bits per heavy atom. The Morgan fingerprint density at radius 2 is 1.94 bits per heavy atom. The van der Waals surface area contributed by atoms with Crippen molar-refractivity contribution >= 4 is 5.91 Å². The Kier molecular flexibility index (Phi) is 6.43. The van der Waals surface area contributed by atoms with Crippen molar-refractivity contribution in [3.05, 3.63) is 65.9 Å². The Hall–Kier alpha value is -3.69. The van der Waals surface area contributed by atoms with Crippen molar-refractivity contribution in [1.82, 2.24) is 20.3 Å². The van der Waals surface area contributed by atoms with Crippen LogP contribution in [0.15, 0.2) is 48.9 Å². The first kappa shape index (κ1) is 22.5. The molecule has 1 aliphatic heterocycles. The second kappa shape index (κ2) is 9.43. The summed E-state index contributed by atoms with van der Waals surface area (Å²) in [7, 11) is 0. The van der Waals surface area contributed by atoms with Gasteiger partial charge in [-0.25, -0.2) is 15.0 Å². The van der Waals surface area contributed by atoms with Gasteiger partial charge < -0.3 is 14.8 Å². The van der Waals surface area contributed by atoms with Gasteiger partial charge in [0.05, 0.1) is 24.6 Å². The zero-order valence-electron chi connectivity index (χ0n) is 17.7. The van der Waals surface area contributed by atoms with Crippen molar-refractivity contribution in [2.45, 2.75) is 32.0 Å². The molecule has 10 heteroatoms. The second-order valence-corrected chi connectivity index (χ2v) is 7.59. The van der Waals surface area contributed by atoms with E-state index in [1.807, 2.05) is 25.1 Å². The van der Waals surface area contributed by atoms with E-state index < -0.39 is 19.2 Å². The van der Waals surface area contributed by atoms with Crippen LogP contribution in [0.4, 0.5) is 13.2 Å². The molecule has 0 saturated carbocycles. The van der Waals surface area contributed by atoms with Crippen LogP contribution in [-0.4, -0.2) is 46.3 Å². The molecule has 7 nitrogen and oxygen atoms in total. The standard InChI is InChI=1S/C23H21F3N4O3/c1-14-27-11-16(12-28-14)18-3-2-4-20-19(18)9-17(13-33-20)30-22(31)15-5-6-21(29-10-15)32-8-7-23(24,25)26/h2-6,10-12,17H,7-9,13H2,1H3,(H,30,31)/t17-/m0/s1. The van der Waals surface area contributed by atoms with E-state index in [1.54, 1.807) is 12.4 Å². The third kappa shape index (κ3) is 5.76. The minimum absolute atomic E-state index is 0.0238. The van der Waals surface area contributed by atoms with Gasteiger partial charge in [-0.05, 0) is 24.6 Å². The van der Waals surface area contributed by atoms with Crippen LogP contribution >= 0.6 is 0 Å². The first-order valence-electron chi connectivity index (χ1n) is 10.3. The molecule has 0 bridgehead atoms. The van der Waals surface area contributed by atoms with E-state index in [9.17, 15) is 18.0 Å². The number of rotatable bonds is 6. The molecule has 0 aliphatic carbocycles. The third-order valence-electron chi connectivity index (χ3n) is 5.08. The number of hydrogen-bond acceptors (Lipinski definition) is 6. The molecule has 0 saturated heterocycles. The molecule has 1 aliphatic rings. The average molecular weight is 458 g/mol. The summed E-state index contributed by atoms with van der Waals surface area (Å²) < 4.78 is 47.5. The molecular weight excluding hydrogens is 437 g/mol. The number of hydrogen-bond donors (Lipinski definition) is 1. The number of aromatic nitrogens is 3. The second-order valence-electron chi connectivity index (χ2n) is 7.59. The van der Waals surface area contributed by atoms with E-state index in [1.165, 1.54) is 18.3 Å². The summed E-state index contributed by atoms with van der Waals surface area (Å²) in [4.78, 5) is 25.1. The number of pyridine rings is 1. The van der Waals surface area contributed by atoms with Crippen molar-refractivity contribution in [3.63, 3.8) is 0 Å². The van der Waals surface area contributed by atoms with Gasteiger partial charge in [-0.2, -0.15) is 13.2 Å². The molecule has 33 heavy (non-hydrogen) atoms. The number of benzene rings is 1. The molecule has 0 spiro atoms. The Bertz CT molecular complexity index is 1120. The topological polar surface area (TPSA) is 86.2 Å². The van der Waals surface area contributed by atoms with E-state index in [-0.39, 0.29) is 23.4 Å². The van der Waals surface area contributed by atoms with Crippen LogP contribution in [0.2, 0.25) is 0 Å². The number of fused-ring (bicyclic) bond motifs is 1. The van der Waals surface area contributed by atoms with Gasteiger partial charge in [0.25, 0.3) is 5.91 Å². The first-order chi connectivity index (χ1) is 15.8. The Labute approximate surface area is 188 Å². The van der Waals surface area contributed by atoms with Crippen molar-refractivity contribution in [2.75, 3.05) is 13.2 Å². The van der Waals surface area contributed by atoms with E-state index in [4.69, 9.17) is 9.47 Å². The van der Waals surface area contributed by atoms with Gasteiger partial charge in [0.15, 0.2) is 0 Å². The van der Waals surface area contributed by atoms with Gasteiger partial charge in [-0.3, -0.25) is 4.79 Å². The third-order valence-corrected chi connectivity index (χ3v) is 5.08. The molecule has 172 valence electrons. The zero-order chi connectivity index (χ0) is 23.4. The fourth-order valence-corrected chi connectivity index (χ4v) is 3.44. The Morgan fingerprint density at radius 1 is 1.15 bits per heavy atom. The fraction of sp³-hybridized carbons (Fsp3) is 0.304. The smallest absolute Gasteiger partial charge is 0.392 e. The SMILES string of the molecule is Cc1ncc(-c2cccc3c2C[C@H](NC(=O)c2ccc(OCCC(F)(F)F)nc2)CO3)cn1. The predicted molar refractivity (Wildman–Crippen MR) is 113 cm³/mol. The van der Waals surface area contributed by atoms with E-state index in [0.29, 0.717) is 18.9 Å². The monoisotopic (exact) mass is 458 g/mol. The van der Waals surface area contributed by atoms with Crippen molar-refractivity contribution in [3.8, 4) is 22.8 Å². The number of aryl methyl sites for hydroxylation is 1. The number of nitrogens with zero attached hydrogens (tertiary/aromatic N) is 3. The van der Waals surface area contributed by atoms with Gasteiger partial charge in [0.2, 0.25) is 5.88 Å². The van der Waals surface area contributed by atoms with E-state index >= 15 is 0 Å². The van der Waals surface area contributed by atoms with Crippen LogP contribution in [0.5, 0.6) is 11.6 Å². The molecule has 1 aromatic carbocycles. The lowest BCUT2D eigenvalue weighted by Gasteiger charge is -2.28. The minimum Gasteiger partial charge on any atom is -0.491 e. The molecule has 0 fully saturated rings. The average Bonchev–Trinajstić information content (AvgIpc) is 2.79. The molecule has 1 N–H and O–H groups in total. The number of carbonyl (C=O) groups is 1. The molecule has 1 amide bonds. The molecule has 1 atom stereocenters. The lowest BCUT2D eigenvalue weighted by molar-refractivity contribution is -0.139. The molecule has 0 unspecified atom stereocenters. The van der Waals surface area contributed by atoms with Crippen LogP contribution in [0.25, 0.3) is 11.1 Å². The summed E-state index contributed by atoms with van der Waals surface area (Å²) in [5, 5.41) is 2.92. The lowest BCUT2D eigenvalue weighted by atomic mass is 9.94. The summed E-state index contributed by atoms with van der Waals surface area (Å²) in [5.74, 6) is 1.09. The lowest BCUT2D eigenvalue weighted by Crippen LogP contribution is -2.42. The summed E-state index contributed by atoms with van der Waals surface area (Å²) in [5.41, 5.74) is 3.02. The van der Waals surface area contributed by atoms with Crippen LogP contribution < -0.4 is 14.8 Å². The minimum atomic E-state index is -4.30. The summed E-state index contributed by atoms with van der Waals surface area (Å²) in [6, 6.07) is 8.29. The van der Waals surface area contributed by atoms with Gasteiger partial charge in [0.1, 0.15) is 18.2 Å². The highest BCUT2D eigenvalue weighted by atomic mass is 19.4. The zero-order valence-corrected chi connectivity index (χ0v) is 17.7. The fourth-order valence-electron chi connectivity index (χ4n) is 3.44. The number of halogens is 3. The van der Waals surface area contributed by atoms with E-state index in [0.717, 1.165) is 22.4 Å². The van der Waals surface area contributed by atoms with Crippen LogP contribution in [0, 0.1) is 6.92 Å². The molecule has 3 aromatic rings. The van der Waals surface area contributed by atoms with Gasteiger partial charge in [-0.1, -0.05) is 12.1 Å². The van der Waals surface area contributed by atoms with Gasteiger partial charge in [-0.15, -0.1) is 0 Å². The summed E-state index contributed by atoms with van der Waals surface area (Å²) in [6.07, 6.45) is -0.0416. The number of amides is 1. The molecular formula is C23H21F3N4O3. The van der Waals surface area contributed by atoms with Gasteiger partial charge >= 0.3 is 6.18 Å².